The highest BCUT2D eigenvalue weighted by atomic mass is 35.5. The lowest BCUT2D eigenvalue weighted by atomic mass is 9.91. The molecule has 3 heterocycles. The Morgan fingerprint density at radius 2 is 1.74 bits per heavy atom. The van der Waals surface area contributed by atoms with Crippen LogP contribution < -0.4 is 5.73 Å². The van der Waals surface area contributed by atoms with E-state index < -0.39 is 28.5 Å². The maximum absolute atomic E-state index is 13.3. The van der Waals surface area contributed by atoms with E-state index in [0.29, 0.717) is 23.7 Å². The van der Waals surface area contributed by atoms with E-state index in [9.17, 15) is 22.1 Å². The molecule has 244 valence electrons. The molecule has 1 saturated heterocycles. The molecule has 1 aliphatic heterocycles. The molecule has 2 N–H and O–H groups in total. The van der Waals surface area contributed by atoms with E-state index in [4.69, 9.17) is 50.5 Å². The first-order chi connectivity index (χ1) is 22.3. The number of anilines is 1. The molecule has 6 rings (SSSR count). The summed E-state index contributed by atoms with van der Waals surface area (Å²) >= 11 is 16.5. The van der Waals surface area contributed by atoms with Gasteiger partial charge in [0.1, 0.15) is 47.7 Å². The van der Waals surface area contributed by atoms with Crippen molar-refractivity contribution in [1.82, 2.24) is 24.5 Å². The van der Waals surface area contributed by atoms with Gasteiger partial charge < -0.3 is 15.0 Å². The highest BCUT2D eigenvalue weighted by molar-refractivity contribution is 7.91. The minimum absolute atomic E-state index is 0.00738. The van der Waals surface area contributed by atoms with Crippen LogP contribution in [0, 0.1) is 17.1 Å². The zero-order valence-electron chi connectivity index (χ0n) is 24.1. The Labute approximate surface area is 283 Å². The quantitative estimate of drug-likeness (QED) is 0.104. The van der Waals surface area contributed by atoms with Gasteiger partial charge in [0.15, 0.2) is 5.82 Å². The van der Waals surface area contributed by atoms with E-state index in [1.807, 2.05) is 24.3 Å². The van der Waals surface area contributed by atoms with Crippen molar-refractivity contribution in [3.63, 3.8) is 0 Å². The molecule has 3 aromatic carbocycles. The number of nitrogen functional groups attached to an aromatic ring is 1. The average molecular weight is 727 g/mol. The number of halogens is 7. The zero-order valence-corrected chi connectivity index (χ0v) is 27.1. The lowest BCUT2D eigenvalue weighted by Gasteiger charge is -2.14. The fraction of sp³-hybridized carbons (Fsp3) is 0.200. The number of alkyl halides is 3. The molecule has 2 aromatic heterocycles. The van der Waals surface area contributed by atoms with Crippen LogP contribution in [0.5, 0.6) is 0 Å². The fourth-order valence-corrected chi connectivity index (χ4v) is 6.65. The minimum Gasteiger partial charge on any atom is -0.611 e. The number of nitriles is 1. The third-order valence-electron chi connectivity index (χ3n) is 7.11. The largest absolute Gasteiger partial charge is 0.611 e. The first-order valence-corrected chi connectivity index (χ1v) is 16.0. The Morgan fingerprint density at radius 1 is 1.09 bits per heavy atom. The van der Waals surface area contributed by atoms with E-state index in [0.717, 1.165) is 15.8 Å². The molecular formula is C30H22Cl3F4N7O2S. The Morgan fingerprint density at radius 3 is 2.30 bits per heavy atom. The van der Waals surface area contributed by atoms with Gasteiger partial charge in [-0.3, -0.25) is 0 Å². The first-order valence-electron chi connectivity index (χ1n) is 13.5. The van der Waals surface area contributed by atoms with Gasteiger partial charge in [-0.15, -0.1) is 5.10 Å². The van der Waals surface area contributed by atoms with Gasteiger partial charge in [0.25, 0.3) is 0 Å². The molecule has 1 fully saturated rings. The summed E-state index contributed by atoms with van der Waals surface area (Å²) in [6.45, 7) is 2.10. The molecule has 9 nitrogen and oxygen atoms in total. The van der Waals surface area contributed by atoms with Crippen LogP contribution >= 0.6 is 34.8 Å². The number of aromatic nitrogens is 5. The SMILES string of the molecule is CC[S+]([O-])c1c(C#N)nn(-c2c(Cl)cc(C(F)(F)F)cc2Cl)c1N.Fc1ccc(C2(Cn3cncn3)OC2c2ccccc2Cl)cc1. The van der Waals surface area contributed by atoms with Gasteiger partial charge in [-0.05, 0) is 54.0 Å². The average Bonchev–Trinajstić information content (AvgIpc) is 3.33. The van der Waals surface area contributed by atoms with Crippen molar-refractivity contribution in [3.05, 3.63) is 117 Å². The third-order valence-corrected chi connectivity index (χ3v) is 9.41. The first kappa shape index (κ1) is 34.5. The molecule has 0 radical (unpaired) electrons. The summed E-state index contributed by atoms with van der Waals surface area (Å²) in [5.41, 5.74) is 5.68. The normalized spacial score (nSPS) is 17.8. The molecule has 47 heavy (non-hydrogen) atoms. The molecule has 0 bridgehead atoms. The standard InChI is InChI=1S/C17H13ClFN3O.C13H9Cl2F3N4OS/c18-15-4-2-1-3-14(15)16-17(23-16,9-22-11-20-10-21-22)12-5-7-13(19)8-6-12;1-2-24(23)11-9(5-19)21-22(12(11)20)10-7(14)3-6(4-8(10)15)13(16,17)18/h1-8,10-11,16H,9H2;3-4H,2,20H2,1H3. The molecule has 3 unspecified atom stereocenters. The van der Waals surface area contributed by atoms with Crippen LogP contribution in [-0.4, -0.2) is 34.9 Å². The van der Waals surface area contributed by atoms with Crippen LogP contribution in [0.3, 0.4) is 0 Å². The fourth-order valence-electron chi connectivity index (χ4n) is 4.86. The van der Waals surface area contributed by atoms with Crippen LogP contribution in [0.15, 0.2) is 78.2 Å². The molecule has 17 heteroatoms. The Balaban J connectivity index is 0.000000184. The van der Waals surface area contributed by atoms with Gasteiger partial charge in [0.2, 0.25) is 10.6 Å². The lowest BCUT2D eigenvalue weighted by Crippen LogP contribution is -2.19. The van der Waals surface area contributed by atoms with Crippen LogP contribution in [0.4, 0.5) is 23.4 Å². The summed E-state index contributed by atoms with van der Waals surface area (Å²) in [5.74, 6) is -0.270. The van der Waals surface area contributed by atoms with Crippen molar-refractivity contribution in [2.45, 2.75) is 36.2 Å². The van der Waals surface area contributed by atoms with E-state index in [1.54, 1.807) is 36.1 Å². The maximum atomic E-state index is 13.3. The van der Waals surface area contributed by atoms with Crippen molar-refractivity contribution in [3.8, 4) is 11.8 Å². The number of benzene rings is 3. The molecule has 0 saturated carbocycles. The Hall–Kier alpha value is -3.84. The van der Waals surface area contributed by atoms with E-state index in [2.05, 4.69) is 15.2 Å². The van der Waals surface area contributed by atoms with E-state index in [-0.39, 0.29) is 49.8 Å². The molecule has 5 aromatic rings. The number of hydrogen-bond donors (Lipinski definition) is 1. The second kappa shape index (κ2) is 13.7. The molecular weight excluding hydrogens is 705 g/mol. The highest BCUT2D eigenvalue weighted by Crippen LogP contribution is 2.59. The van der Waals surface area contributed by atoms with Crippen molar-refractivity contribution in [2.24, 2.45) is 0 Å². The summed E-state index contributed by atoms with van der Waals surface area (Å²) in [5, 5.41) is 17.1. The van der Waals surface area contributed by atoms with E-state index in [1.165, 1.54) is 18.5 Å². The summed E-state index contributed by atoms with van der Waals surface area (Å²) in [6.07, 6.45) is -1.72. The van der Waals surface area contributed by atoms with Crippen molar-refractivity contribution in [2.75, 3.05) is 11.5 Å². The molecule has 0 amide bonds. The summed E-state index contributed by atoms with van der Waals surface area (Å²) in [7, 11) is 0. The van der Waals surface area contributed by atoms with Crippen LogP contribution in [0.25, 0.3) is 5.69 Å². The summed E-state index contributed by atoms with van der Waals surface area (Å²) in [6, 6.07) is 17.0. The molecule has 1 aliphatic rings. The van der Waals surface area contributed by atoms with Crippen molar-refractivity contribution >= 4 is 51.8 Å². The topological polar surface area (TPSA) is 134 Å². The van der Waals surface area contributed by atoms with Gasteiger partial charge >= 0.3 is 6.18 Å². The molecule has 0 spiro atoms. The third kappa shape index (κ3) is 7.06. The maximum Gasteiger partial charge on any atom is 0.416 e. The van der Waals surface area contributed by atoms with Crippen LogP contribution in [-0.2, 0) is 34.2 Å². The zero-order chi connectivity index (χ0) is 34.1. The smallest absolute Gasteiger partial charge is 0.416 e. The van der Waals surface area contributed by atoms with Gasteiger partial charge in [-0.25, -0.2) is 18.7 Å². The van der Waals surface area contributed by atoms with Crippen LogP contribution in [0.1, 0.15) is 35.4 Å². The van der Waals surface area contributed by atoms with Crippen LogP contribution in [0.2, 0.25) is 15.1 Å². The monoisotopic (exact) mass is 725 g/mol. The van der Waals surface area contributed by atoms with Gasteiger partial charge in [0, 0.05) is 10.6 Å². The second-order valence-electron chi connectivity index (χ2n) is 10.0. The number of nitrogens with zero attached hydrogens (tertiary/aromatic N) is 6. The van der Waals surface area contributed by atoms with Crippen molar-refractivity contribution < 1.29 is 26.9 Å². The molecule has 3 atom stereocenters. The summed E-state index contributed by atoms with van der Waals surface area (Å²) in [4.78, 5) is 3.96. The van der Waals surface area contributed by atoms with Gasteiger partial charge in [-0.1, -0.05) is 65.1 Å². The highest BCUT2D eigenvalue weighted by Gasteiger charge is 2.59. The second-order valence-corrected chi connectivity index (χ2v) is 12.9. The number of rotatable bonds is 7. The van der Waals surface area contributed by atoms with E-state index >= 15 is 0 Å². The van der Waals surface area contributed by atoms with Gasteiger partial charge in [-0.2, -0.15) is 23.5 Å². The summed E-state index contributed by atoms with van der Waals surface area (Å²) < 4.78 is 72.4. The van der Waals surface area contributed by atoms with Crippen molar-refractivity contribution in [1.29, 1.82) is 5.26 Å². The number of nitrogens with two attached hydrogens (primary N) is 1. The molecule has 0 aliphatic carbocycles. The predicted molar refractivity (Wildman–Crippen MR) is 168 cm³/mol. The number of ether oxygens (including phenoxy) is 1. The number of hydrogen-bond acceptors (Lipinski definition) is 7. The minimum atomic E-state index is -4.63. The Bertz CT molecular complexity index is 1910. The van der Waals surface area contributed by atoms with Gasteiger partial charge in [0.05, 0.1) is 22.2 Å². The Kier molecular flexibility index (Phi) is 10.1. The lowest BCUT2D eigenvalue weighted by molar-refractivity contribution is -0.137. The predicted octanol–water partition coefficient (Wildman–Crippen LogP) is 7.52. The number of epoxide rings is 1.